The Labute approximate surface area is 174 Å². The summed E-state index contributed by atoms with van der Waals surface area (Å²) in [7, 11) is 0. The van der Waals surface area contributed by atoms with Crippen molar-refractivity contribution in [2.75, 3.05) is 11.5 Å². The number of Topliss-reactive ketones (excluding diaryl/α,β-unsaturated/α-hetero) is 1. The molecule has 10 heteroatoms. The lowest BCUT2D eigenvalue weighted by molar-refractivity contribution is 0.102. The van der Waals surface area contributed by atoms with E-state index in [9.17, 15) is 14.4 Å². The molecule has 0 bridgehead atoms. The number of pyridine rings is 1. The van der Waals surface area contributed by atoms with Crippen molar-refractivity contribution in [1.82, 2.24) is 24.1 Å². The first kappa shape index (κ1) is 19.9. The zero-order valence-corrected chi connectivity index (χ0v) is 17.3. The highest BCUT2D eigenvalue weighted by Crippen LogP contribution is 2.26. The number of aromatic amines is 1. The first-order valence-corrected chi connectivity index (χ1v) is 10.4. The molecule has 3 heterocycles. The summed E-state index contributed by atoms with van der Waals surface area (Å²) in [6.07, 6.45) is 0.636. The van der Waals surface area contributed by atoms with Gasteiger partial charge < -0.3 is 5.73 Å². The average molecular weight is 424 g/mol. The molecule has 1 aromatic carbocycles. The molecule has 0 aliphatic carbocycles. The number of aromatic nitrogens is 5. The van der Waals surface area contributed by atoms with Crippen molar-refractivity contribution in [2.45, 2.75) is 32.0 Å². The van der Waals surface area contributed by atoms with Gasteiger partial charge in [-0.15, -0.1) is 10.2 Å². The minimum Gasteiger partial charge on any atom is -0.384 e. The van der Waals surface area contributed by atoms with Gasteiger partial charge in [0.1, 0.15) is 11.4 Å². The molecule has 30 heavy (non-hydrogen) atoms. The van der Waals surface area contributed by atoms with Gasteiger partial charge in [-0.25, -0.2) is 4.79 Å². The monoisotopic (exact) mass is 424 g/mol. The lowest BCUT2D eigenvalue weighted by Gasteiger charge is -2.11. The van der Waals surface area contributed by atoms with Gasteiger partial charge in [0.15, 0.2) is 16.6 Å². The molecule has 0 spiro atoms. The quantitative estimate of drug-likeness (QED) is 0.358. The number of aryl methyl sites for hydroxylation is 1. The molecular weight excluding hydrogens is 404 g/mol. The van der Waals surface area contributed by atoms with Crippen LogP contribution in [-0.4, -0.2) is 35.7 Å². The summed E-state index contributed by atoms with van der Waals surface area (Å²) in [5.74, 6) is -0.652. The molecule has 4 aromatic rings. The molecule has 0 radical (unpaired) electrons. The average Bonchev–Trinajstić information content (AvgIpc) is 3.12. The van der Waals surface area contributed by atoms with Crippen LogP contribution >= 0.6 is 11.8 Å². The SMILES string of the molecule is CCCn1c(N)c(C(=O)CSc2nnc3cc(C)c4ccccc4n23)c(=O)[nH]c1=O. The van der Waals surface area contributed by atoms with Gasteiger partial charge in [-0.3, -0.25) is 23.5 Å². The number of para-hydroxylation sites is 1. The predicted molar refractivity (Wildman–Crippen MR) is 116 cm³/mol. The van der Waals surface area contributed by atoms with Crippen molar-refractivity contribution in [3.8, 4) is 0 Å². The van der Waals surface area contributed by atoms with Gasteiger partial charge >= 0.3 is 5.69 Å². The normalized spacial score (nSPS) is 11.4. The van der Waals surface area contributed by atoms with E-state index in [4.69, 9.17) is 5.73 Å². The summed E-state index contributed by atoms with van der Waals surface area (Å²) in [4.78, 5) is 39.2. The smallest absolute Gasteiger partial charge is 0.329 e. The number of nitrogen functional groups attached to an aromatic ring is 1. The molecular formula is C20H20N6O3S. The molecule has 0 saturated carbocycles. The van der Waals surface area contributed by atoms with Crippen LogP contribution in [0.1, 0.15) is 29.3 Å². The molecule has 0 fully saturated rings. The van der Waals surface area contributed by atoms with E-state index < -0.39 is 17.0 Å². The Morgan fingerprint density at radius 2 is 2.00 bits per heavy atom. The largest absolute Gasteiger partial charge is 0.384 e. The van der Waals surface area contributed by atoms with Crippen molar-refractivity contribution in [3.05, 3.63) is 62.3 Å². The summed E-state index contributed by atoms with van der Waals surface area (Å²) in [5, 5.41) is 10.0. The highest BCUT2D eigenvalue weighted by molar-refractivity contribution is 7.99. The fraction of sp³-hybridized carbons (Fsp3) is 0.250. The van der Waals surface area contributed by atoms with E-state index in [1.165, 1.54) is 16.3 Å². The highest BCUT2D eigenvalue weighted by Gasteiger charge is 2.20. The Kier molecular flexibility index (Phi) is 5.17. The van der Waals surface area contributed by atoms with Crippen LogP contribution in [0.3, 0.4) is 0 Å². The van der Waals surface area contributed by atoms with Crippen LogP contribution in [0.15, 0.2) is 45.1 Å². The minimum absolute atomic E-state index is 0.0688. The van der Waals surface area contributed by atoms with E-state index in [1.54, 1.807) is 0 Å². The van der Waals surface area contributed by atoms with E-state index in [0.29, 0.717) is 23.8 Å². The summed E-state index contributed by atoms with van der Waals surface area (Å²) in [6.45, 7) is 4.19. The van der Waals surface area contributed by atoms with Crippen molar-refractivity contribution in [1.29, 1.82) is 0 Å². The van der Waals surface area contributed by atoms with Crippen LogP contribution in [0.4, 0.5) is 5.82 Å². The Bertz CT molecular complexity index is 1400. The van der Waals surface area contributed by atoms with Crippen molar-refractivity contribution in [3.63, 3.8) is 0 Å². The van der Waals surface area contributed by atoms with Crippen LogP contribution in [0, 0.1) is 6.92 Å². The second kappa shape index (κ2) is 7.79. The van der Waals surface area contributed by atoms with Gasteiger partial charge in [-0.2, -0.15) is 0 Å². The van der Waals surface area contributed by atoms with E-state index in [2.05, 4.69) is 15.2 Å². The summed E-state index contributed by atoms with van der Waals surface area (Å²) in [6, 6.07) is 9.81. The number of rotatable bonds is 6. The van der Waals surface area contributed by atoms with Gasteiger partial charge in [0.05, 0.1) is 11.3 Å². The van der Waals surface area contributed by atoms with Crippen molar-refractivity contribution >= 4 is 39.9 Å². The summed E-state index contributed by atoms with van der Waals surface area (Å²) < 4.78 is 3.09. The molecule has 4 rings (SSSR count). The number of hydrogen-bond acceptors (Lipinski definition) is 7. The van der Waals surface area contributed by atoms with Gasteiger partial charge in [0, 0.05) is 11.9 Å². The van der Waals surface area contributed by atoms with Crippen LogP contribution < -0.4 is 17.0 Å². The zero-order chi connectivity index (χ0) is 21.4. The Hall–Kier alpha value is -3.40. The van der Waals surface area contributed by atoms with Crippen LogP contribution in [-0.2, 0) is 6.54 Å². The number of carbonyl (C=O) groups is 1. The Morgan fingerprint density at radius 3 is 2.77 bits per heavy atom. The van der Waals surface area contributed by atoms with E-state index >= 15 is 0 Å². The lowest BCUT2D eigenvalue weighted by atomic mass is 10.1. The third-order valence-corrected chi connectivity index (χ3v) is 5.80. The van der Waals surface area contributed by atoms with Crippen LogP contribution in [0.2, 0.25) is 0 Å². The topological polar surface area (TPSA) is 128 Å². The highest BCUT2D eigenvalue weighted by atomic mass is 32.2. The lowest BCUT2D eigenvalue weighted by Crippen LogP contribution is -2.36. The molecule has 3 aromatic heterocycles. The Morgan fingerprint density at radius 1 is 1.23 bits per heavy atom. The number of nitrogens with zero attached hydrogens (tertiary/aromatic N) is 4. The van der Waals surface area contributed by atoms with Gasteiger partial charge in [0.25, 0.3) is 5.56 Å². The molecule has 0 unspecified atom stereocenters. The number of H-pyrrole nitrogens is 1. The van der Waals surface area contributed by atoms with Crippen molar-refractivity contribution < 1.29 is 4.79 Å². The second-order valence-corrected chi connectivity index (χ2v) is 7.85. The molecule has 0 saturated heterocycles. The minimum atomic E-state index is -0.775. The van der Waals surface area contributed by atoms with Gasteiger partial charge in [-0.1, -0.05) is 36.9 Å². The fourth-order valence-corrected chi connectivity index (χ4v) is 4.30. The first-order valence-electron chi connectivity index (χ1n) is 9.44. The zero-order valence-electron chi connectivity index (χ0n) is 16.5. The summed E-state index contributed by atoms with van der Waals surface area (Å²) >= 11 is 1.17. The number of fused-ring (bicyclic) bond motifs is 3. The van der Waals surface area contributed by atoms with Crippen molar-refractivity contribution in [2.24, 2.45) is 0 Å². The van der Waals surface area contributed by atoms with Crippen LogP contribution in [0.5, 0.6) is 0 Å². The third kappa shape index (κ3) is 3.28. The maximum absolute atomic E-state index is 12.8. The molecule has 0 atom stereocenters. The molecule has 0 aliphatic rings. The number of anilines is 1. The third-order valence-electron chi connectivity index (χ3n) is 4.87. The fourth-order valence-electron chi connectivity index (χ4n) is 3.47. The molecule has 3 N–H and O–H groups in total. The number of hydrogen-bond donors (Lipinski definition) is 2. The van der Waals surface area contributed by atoms with Gasteiger partial charge in [-0.05, 0) is 31.0 Å². The molecule has 154 valence electrons. The molecule has 0 amide bonds. The number of nitrogens with one attached hydrogen (secondary N) is 1. The second-order valence-electron chi connectivity index (χ2n) is 6.90. The van der Waals surface area contributed by atoms with Crippen LogP contribution in [0.25, 0.3) is 16.6 Å². The number of ketones is 1. The van der Waals surface area contributed by atoms with E-state index in [1.807, 2.05) is 48.6 Å². The summed E-state index contributed by atoms with van der Waals surface area (Å²) in [5.41, 5.74) is 7.07. The maximum atomic E-state index is 12.8. The predicted octanol–water partition coefficient (Wildman–Crippen LogP) is 2.01. The van der Waals surface area contributed by atoms with E-state index in [-0.39, 0.29) is 17.1 Å². The Balaban J connectivity index is 1.70. The maximum Gasteiger partial charge on any atom is 0.329 e. The van der Waals surface area contributed by atoms with Gasteiger partial charge in [0.2, 0.25) is 0 Å². The number of nitrogens with two attached hydrogens (primary N) is 1. The first-order chi connectivity index (χ1) is 14.4. The van der Waals surface area contributed by atoms with E-state index in [0.717, 1.165) is 16.5 Å². The number of benzene rings is 1. The molecule has 9 nitrogen and oxygen atoms in total. The number of thioether (sulfide) groups is 1. The standard InChI is InChI=1S/C20H20N6O3S/c1-3-8-25-17(21)16(18(28)22-19(25)29)14(27)10-30-20-24-23-15-9-11(2)12-6-4-5-7-13(12)26(15)20/h4-7,9H,3,8,10,21H2,1-2H3,(H,22,28,29). The molecule has 0 aliphatic heterocycles. The number of carbonyl (C=O) groups excluding carboxylic acids is 1.